The lowest BCUT2D eigenvalue weighted by atomic mass is 10.2. The predicted molar refractivity (Wildman–Crippen MR) is 55.5 cm³/mol. The average Bonchev–Trinajstić information content (AvgIpc) is 2.78. The number of hydrogen-bond donors (Lipinski definition) is 3. The number of carbonyl (C=O) groups is 2. The van der Waals surface area contributed by atoms with Crippen LogP contribution >= 0.6 is 0 Å². The molecule has 2 aliphatic heterocycles. The summed E-state index contributed by atoms with van der Waals surface area (Å²) >= 11 is 0. The van der Waals surface area contributed by atoms with E-state index in [1.165, 1.54) is 11.0 Å². The van der Waals surface area contributed by atoms with Crippen molar-refractivity contribution in [3.05, 3.63) is 11.8 Å². The van der Waals surface area contributed by atoms with Crippen molar-refractivity contribution in [3.63, 3.8) is 0 Å². The fourth-order valence-electron chi connectivity index (χ4n) is 2.03. The summed E-state index contributed by atoms with van der Waals surface area (Å²) in [6, 6.07) is -0.570. The highest BCUT2D eigenvalue weighted by Crippen LogP contribution is 2.28. The van der Waals surface area contributed by atoms with Gasteiger partial charge in [0, 0.05) is 6.42 Å². The standard InChI is InChI=1S/C10H14N2O5/c1-2-5-9(15)11-10(16)12(5)8-3-6(14)7(4-13)17-8/h2,6-8,13-14H,3-4H2,1H3,(H,11,15,16)/b5-2+/t6-,7+,8-/m0/s1. The summed E-state index contributed by atoms with van der Waals surface area (Å²) in [6.07, 6.45) is -0.612. The van der Waals surface area contributed by atoms with Gasteiger partial charge in [0.2, 0.25) is 0 Å². The van der Waals surface area contributed by atoms with Crippen molar-refractivity contribution in [2.75, 3.05) is 6.61 Å². The minimum Gasteiger partial charge on any atom is -0.394 e. The molecule has 3 atom stereocenters. The fraction of sp³-hybridized carbons (Fsp3) is 0.600. The van der Waals surface area contributed by atoms with Crippen LogP contribution in [0.25, 0.3) is 0 Å². The lowest BCUT2D eigenvalue weighted by Gasteiger charge is -2.22. The second-order valence-electron chi connectivity index (χ2n) is 3.92. The van der Waals surface area contributed by atoms with Gasteiger partial charge in [-0.15, -0.1) is 0 Å². The summed E-state index contributed by atoms with van der Waals surface area (Å²) in [6.45, 7) is 1.31. The molecule has 0 aromatic heterocycles. The number of allylic oxidation sites excluding steroid dienone is 1. The van der Waals surface area contributed by atoms with Crippen molar-refractivity contribution in [1.82, 2.24) is 10.2 Å². The highest BCUT2D eigenvalue weighted by atomic mass is 16.5. The van der Waals surface area contributed by atoms with Crippen LogP contribution in [0.5, 0.6) is 0 Å². The van der Waals surface area contributed by atoms with Gasteiger partial charge in [0.05, 0.1) is 12.7 Å². The Morgan fingerprint density at radius 1 is 1.59 bits per heavy atom. The van der Waals surface area contributed by atoms with E-state index in [4.69, 9.17) is 9.84 Å². The first-order valence-corrected chi connectivity index (χ1v) is 5.33. The van der Waals surface area contributed by atoms with E-state index in [1.807, 2.05) is 0 Å². The minimum atomic E-state index is -0.841. The molecule has 0 bridgehead atoms. The molecular formula is C10H14N2O5. The van der Waals surface area contributed by atoms with Gasteiger partial charge in [-0.05, 0) is 6.92 Å². The molecule has 0 aromatic carbocycles. The number of nitrogens with one attached hydrogen (secondary N) is 1. The number of imide groups is 1. The number of aliphatic hydroxyl groups excluding tert-OH is 2. The Morgan fingerprint density at radius 3 is 2.82 bits per heavy atom. The molecule has 2 heterocycles. The minimum absolute atomic E-state index is 0.170. The van der Waals surface area contributed by atoms with Gasteiger partial charge in [-0.2, -0.15) is 0 Å². The van der Waals surface area contributed by atoms with Gasteiger partial charge in [0.1, 0.15) is 18.0 Å². The molecule has 3 N–H and O–H groups in total. The smallest absolute Gasteiger partial charge is 0.331 e. The molecule has 17 heavy (non-hydrogen) atoms. The summed E-state index contributed by atoms with van der Waals surface area (Å²) in [5, 5.41) is 20.7. The average molecular weight is 242 g/mol. The van der Waals surface area contributed by atoms with E-state index in [0.29, 0.717) is 0 Å². The SMILES string of the molecule is C/C=C1\C(=O)NC(=O)N1[C@@H]1C[C@H](O)[C@@H](CO)O1. The Labute approximate surface area is 97.7 Å². The summed E-state index contributed by atoms with van der Waals surface area (Å²) in [7, 11) is 0. The highest BCUT2D eigenvalue weighted by molar-refractivity contribution is 6.11. The van der Waals surface area contributed by atoms with E-state index in [9.17, 15) is 14.7 Å². The van der Waals surface area contributed by atoms with Crippen LogP contribution in [0.4, 0.5) is 4.79 Å². The van der Waals surface area contributed by atoms with E-state index in [1.54, 1.807) is 6.92 Å². The molecule has 2 fully saturated rings. The Hall–Kier alpha value is -1.44. The molecule has 2 saturated heterocycles. The zero-order chi connectivity index (χ0) is 12.6. The maximum Gasteiger partial charge on any atom is 0.331 e. The maximum absolute atomic E-state index is 11.6. The van der Waals surface area contributed by atoms with Crippen LogP contribution in [0, 0.1) is 0 Å². The number of nitrogens with zero attached hydrogens (tertiary/aromatic N) is 1. The van der Waals surface area contributed by atoms with Gasteiger partial charge in [-0.25, -0.2) is 4.79 Å². The number of amides is 3. The number of urea groups is 1. The third-order valence-corrected chi connectivity index (χ3v) is 2.88. The van der Waals surface area contributed by atoms with Crippen molar-refractivity contribution >= 4 is 11.9 Å². The van der Waals surface area contributed by atoms with Crippen LogP contribution in [-0.2, 0) is 9.53 Å². The number of carbonyl (C=O) groups excluding carboxylic acids is 2. The third-order valence-electron chi connectivity index (χ3n) is 2.88. The second-order valence-corrected chi connectivity index (χ2v) is 3.92. The molecule has 0 aliphatic carbocycles. The van der Waals surface area contributed by atoms with Crippen LogP contribution in [0.1, 0.15) is 13.3 Å². The zero-order valence-corrected chi connectivity index (χ0v) is 9.29. The molecule has 2 rings (SSSR count). The number of ether oxygens (including phenoxy) is 1. The molecule has 2 aliphatic rings. The fourth-order valence-corrected chi connectivity index (χ4v) is 2.03. The molecule has 7 nitrogen and oxygen atoms in total. The van der Waals surface area contributed by atoms with Gasteiger partial charge in [-0.3, -0.25) is 15.0 Å². The Bertz CT molecular complexity index is 381. The van der Waals surface area contributed by atoms with E-state index in [2.05, 4.69) is 5.32 Å². The quantitative estimate of drug-likeness (QED) is 0.422. The highest BCUT2D eigenvalue weighted by Gasteiger charge is 2.44. The molecule has 0 aromatic rings. The second kappa shape index (κ2) is 4.44. The van der Waals surface area contributed by atoms with Crippen molar-refractivity contribution in [2.24, 2.45) is 0 Å². The topological polar surface area (TPSA) is 99.1 Å². The van der Waals surface area contributed by atoms with Gasteiger partial charge in [0.15, 0.2) is 0 Å². The molecular weight excluding hydrogens is 228 g/mol. The first-order chi connectivity index (χ1) is 8.08. The molecule has 3 amide bonds. The van der Waals surface area contributed by atoms with E-state index in [-0.39, 0.29) is 18.7 Å². The molecule has 7 heteroatoms. The summed E-state index contributed by atoms with van der Waals surface area (Å²) in [5.74, 6) is -0.483. The van der Waals surface area contributed by atoms with Gasteiger partial charge in [0.25, 0.3) is 5.91 Å². The van der Waals surface area contributed by atoms with Crippen LogP contribution in [-0.4, -0.2) is 52.1 Å². The van der Waals surface area contributed by atoms with Gasteiger partial charge >= 0.3 is 6.03 Å². The van der Waals surface area contributed by atoms with Gasteiger partial charge < -0.3 is 14.9 Å². The van der Waals surface area contributed by atoms with Crippen molar-refractivity contribution in [2.45, 2.75) is 31.8 Å². The van der Waals surface area contributed by atoms with Crippen LogP contribution < -0.4 is 5.32 Å². The molecule has 94 valence electrons. The van der Waals surface area contributed by atoms with E-state index < -0.39 is 30.4 Å². The van der Waals surface area contributed by atoms with Crippen LogP contribution in [0.3, 0.4) is 0 Å². The molecule has 0 spiro atoms. The molecule has 0 saturated carbocycles. The van der Waals surface area contributed by atoms with Gasteiger partial charge in [-0.1, -0.05) is 6.08 Å². The first-order valence-electron chi connectivity index (χ1n) is 5.33. The van der Waals surface area contributed by atoms with Crippen molar-refractivity contribution in [3.8, 4) is 0 Å². The largest absolute Gasteiger partial charge is 0.394 e. The Morgan fingerprint density at radius 2 is 2.29 bits per heavy atom. The summed E-state index contributed by atoms with van der Waals surface area (Å²) < 4.78 is 5.33. The van der Waals surface area contributed by atoms with Crippen molar-refractivity contribution in [1.29, 1.82) is 0 Å². The predicted octanol–water partition coefficient (Wildman–Crippen LogP) is -1.09. The molecule has 0 unspecified atom stereocenters. The number of hydrogen-bond acceptors (Lipinski definition) is 5. The Kier molecular flexibility index (Phi) is 3.14. The Balaban J connectivity index is 2.18. The summed E-state index contributed by atoms with van der Waals surface area (Å²) in [4.78, 5) is 24.1. The van der Waals surface area contributed by atoms with E-state index >= 15 is 0 Å². The maximum atomic E-state index is 11.6. The molecule has 0 radical (unpaired) electrons. The third kappa shape index (κ3) is 1.92. The normalized spacial score (nSPS) is 35.8. The lowest BCUT2D eigenvalue weighted by Crippen LogP contribution is -2.37. The van der Waals surface area contributed by atoms with Crippen LogP contribution in [0.2, 0.25) is 0 Å². The number of aliphatic hydroxyl groups is 2. The zero-order valence-electron chi connectivity index (χ0n) is 9.29. The van der Waals surface area contributed by atoms with E-state index in [0.717, 1.165) is 0 Å². The van der Waals surface area contributed by atoms with Crippen LogP contribution in [0.15, 0.2) is 11.8 Å². The van der Waals surface area contributed by atoms with Crippen molar-refractivity contribution < 1.29 is 24.5 Å². The first kappa shape index (κ1) is 12.0. The monoisotopic (exact) mass is 242 g/mol. The summed E-state index contributed by atoms with van der Waals surface area (Å²) in [5.41, 5.74) is 0.200. The number of rotatable bonds is 2. The lowest BCUT2D eigenvalue weighted by molar-refractivity contribution is -0.116.